The Morgan fingerprint density at radius 1 is 1.05 bits per heavy atom. The highest BCUT2D eigenvalue weighted by Crippen LogP contribution is 2.05. The Hall–Kier alpha value is -1.79. The first-order valence-corrected chi connectivity index (χ1v) is 6.64. The molecule has 0 atom stereocenters. The van der Waals surface area contributed by atoms with E-state index in [9.17, 15) is 0 Å². The summed E-state index contributed by atoms with van der Waals surface area (Å²) in [6.07, 6.45) is 0. The first kappa shape index (κ1) is 12.3. The number of tetrazole rings is 1. The van der Waals surface area contributed by atoms with Gasteiger partial charge in [-0.25, -0.2) is 4.68 Å². The van der Waals surface area contributed by atoms with Crippen LogP contribution in [0.25, 0.3) is 0 Å². The highest BCUT2D eigenvalue weighted by Gasteiger charge is 2.14. The van der Waals surface area contributed by atoms with Gasteiger partial charge in [-0.05, 0) is 16.0 Å². The molecule has 1 aliphatic rings. The second-order valence-electron chi connectivity index (χ2n) is 4.76. The van der Waals surface area contributed by atoms with Gasteiger partial charge in [-0.15, -0.1) is 5.10 Å². The molecule has 2 heterocycles. The first-order valence-electron chi connectivity index (χ1n) is 6.64. The molecule has 19 heavy (non-hydrogen) atoms. The minimum atomic E-state index is 0.731. The van der Waals surface area contributed by atoms with Crippen molar-refractivity contribution in [2.45, 2.75) is 13.1 Å². The molecular formula is C13H18N6. The Bertz CT molecular complexity index is 503. The molecule has 1 aromatic carbocycles. The lowest BCUT2D eigenvalue weighted by atomic mass is 10.2. The number of hydrogen-bond donors (Lipinski definition) is 1. The molecule has 6 nitrogen and oxygen atoms in total. The third kappa shape index (κ3) is 3.15. The summed E-state index contributed by atoms with van der Waals surface area (Å²) in [5.41, 5.74) is 1.22. The molecule has 0 amide bonds. The van der Waals surface area contributed by atoms with Gasteiger partial charge in [-0.3, -0.25) is 4.90 Å². The van der Waals surface area contributed by atoms with Crippen LogP contribution in [0.1, 0.15) is 11.4 Å². The van der Waals surface area contributed by atoms with Crippen molar-refractivity contribution in [3.05, 3.63) is 41.7 Å². The van der Waals surface area contributed by atoms with E-state index in [2.05, 4.69) is 37.9 Å². The van der Waals surface area contributed by atoms with Crippen LogP contribution in [0.2, 0.25) is 0 Å². The zero-order valence-electron chi connectivity index (χ0n) is 10.9. The van der Waals surface area contributed by atoms with E-state index in [0.717, 1.165) is 45.1 Å². The van der Waals surface area contributed by atoms with Gasteiger partial charge in [0.05, 0.1) is 13.1 Å². The van der Waals surface area contributed by atoms with Crippen molar-refractivity contribution < 1.29 is 0 Å². The van der Waals surface area contributed by atoms with Crippen molar-refractivity contribution in [1.29, 1.82) is 0 Å². The van der Waals surface area contributed by atoms with Crippen molar-refractivity contribution >= 4 is 0 Å². The molecule has 1 fully saturated rings. The van der Waals surface area contributed by atoms with Gasteiger partial charge in [-0.2, -0.15) is 0 Å². The zero-order chi connectivity index (χ0) is 12.9. The summed E-state index contributed by atoms with van der Waals surface area (Å²) in [6, 6.07) is 10.3. The summed E-state index contributed by atoms with van der Waals surface area (Å²) in [5.74, 6) is 0.936. The lowest BCUT2D eigenvalue weighted by molar-refractivity contribution is 0.224. The molecule has 0 spiro atoms. The Kier molecular flexibility index (Phi) is 3.81. The third-order valence-corrected chi connectivity index (χ3v) is 3.36. The molecule has 0 saturated carbocycles. The van der Waals surface area contributed by atoms with Crippen molar-refractivity contribution in [2.75, 3.05) is 26.2 Å². The molecule has 1 saturated heterocycles. The minimum Gasteiger partial charge on any atom is -0.314 e. The topological polar surface area (TPSA) is 58.9 Å². The molecule has 1 aromatic heterocycles. The van der Waals surface area contributed by atoms with Crippen molar-refractivity contribution in [1.82, 2.24) is 30.4 Å². The van der Waals surface area contributed by atoms with E-state index >= 15 is 0 Å². The molecule has 0 bridgehead atoms. The normalized spacial score (nSPS) is 16.6. The fourth-order valence-electron chi connectivity index (χ4n) is 2.28. The maximum Gasteiger partial charge on any atom is 0.165 e. The maximum atomic E-state index is 4.15. The molecule has 0 aliphatic carbocycles. The number of hydrogen-bond acceptors (Lipinski definition) is 5. The molecule has 1 N–H and O–H groups in total. The van der Waals surface area contributed by atoms with Crippen LogP contribution in [-0.4, -0.2) is 51.3 Å². The molecule has 100 valence electrons. The largest absolute Gasteiger partial charge is 0.314 e. The molecular weight excluding hydrogens is 240 g/mol. The SMILES string of the molecule is c1ccc(Cn2nnnc2CN2CCNCC2)cc1. The Morgan fingerprint density at radius 2 is 1.84 bits per heavy atom. The van der Waals surface area contributed by atoms with Crippen LogP contribution in [0.5, 0.6) is 0 Å². The smallest absolute Gasteiger partial charge is 0.165 e. The highest BCUT2D eigenvalue weighted by molar-refractivity contribution is 5.14. The Morgan fingerprint density at radius 3 is 2.63 bits per heavy atom. The molecule has 0 radical (unpaired) electrons. The summed E-state index contributed by atoms with van der Waals surface area (Å²) in [6.45, 7) is 5.74. The summed E-state index contributed by atoms with van der Waals surface area (Å²) in [5, 5.41) is 15.4. The van der Waals surface area contributed by atoms with E-state index in [4.69, 9.17) is 0 Å². The van der Waals surface area contributed by atoms with Gasteiger partial charge < -0.3 is 5.32 Å². The molecule has 0 unspecified atom stereocenters. The van der Waals surface area contributed by atoms with Crippen LogP contribution >= 0.6 is 0 Å². The van der Waals surface area contributed by atoms with Gasteiger partial charge in [0.2, 0.25) is 0 Å². The fourth-order valence-corrected chi connectivity index (χ4v) is 2.28. The third-order valence-electron chi connectivity index (χ3n) is 3.36. The average molecular weight is 258 g/mol. The number of benzene rings is 1. The first-order chi connectivity index (χ1) is 9.42. The lowest BCUT2D eigenvalue weighted by Gasteiger charge is -2.26. The summed E-state index contributed by atoms with van der Waals surface area (Å²) in [7, 11) is 0. The van der Waals surface area contributed by atoms with Crippen LogP contribution in [0.15, 0.2) is 30.3 Å². The van der Waals surface area contributed by atoms with E-state index in [0.29, 0.717) is 0 Å². The van der Waals surface area contributed by atoms with Gasteiger partial charge in [0, 0.05) is 26.2 Å². The van der Waals surface area contributed by atoms with Crippen molar-refractivity contribution in [2.24, 2.45) is 0 Å². The predicted molar refractivity (Wildman–Crippen MR) is 71.5 cm³/mol. The molecule has 1 aliphatic heterocycles. The lowest BCUT2D eigenvalue weighted by Crippen LogP contribution is -2.43. The van der Waals surface area contributed by atoms with Crippen LogP contribution in [0.3, 0.4) is 0 Å². The van der Waals surface area contributed by atoms with Crippen molar-refractivity contribution in [3.63, 3.8) is 0 Å². The molecule has 2 aromatic rings. The highest BCUT2D eigenvalue weighted by atomic mass is 15.5. The van der Waals surface area contributed by atoms with Gasteiger partial charge in [0.15, 0.2) is 5.82 Å². The van der Waals surface area contributed by atoms with E-state index < -0.39 is 0 Å². The van der Waals surface area contributed by atoms with Gasteiger partial charge in [0.1, 0.15) is 0 Å². The van der Waals surface area contributed by atoms with E-state index in [-0.39, 0.29) is 0 Å². The summed E-state index contributed by atoms with van der Waals surface area (Å²) >= 11 is 0. The van der Waals surface area contributed by atoms with Crippen molar-refractivity contribution in [3.8, 4) is 0 Å². The zero-order valence-corrected chi connectivity index (χ0v) is 10.9. The quantitative estimate of drug-likeness (QED) is 0.844. The summed E-state index contributed by atoms with van der Waals surface area (Å²) < 4.78 is 1.89. The van der Waals surface area contributed by atoms with Crippen LogP contribution in [0, 0.1) is 0 Å². The van der Waals surface area contributed by atoms with Crippen LogP contribution in [0.4, 0.5) is 0 Å². The number of nitrogens with zero attached hydrogens (tertiary/aromatic N) is 5. The second-order valence-corrected chi connectivity index (χ2v) is 4.76. The number of aromatic nitrogens is 4. The number of nitrogens with one attached hydrogen (secondary N) is 1. The Labute approximate surface area is 112 Å². The summed E-state index contributed by atoms with van der Waals surface area (Å²) in [4.78, 5) is 2.38. The maximum absolute atomic E-state index is 4.15. The molecule has 3 rings (SSSR count). The van der Waals surface area contributed by atoms with Gasteiger partial charge in [-0.1, -0.05) is 30.3 Å². The molecule has 6 heteroatoms. The van der Waals surface area contributed by atoms with Crippen LogP contribution in [-0.2, 0) is 13.1 Å². The van der Waals surface area contributed by atoms with E-state index in [1.165, 1.54) is 5.56 Å². The van der Waals surface area contributed by atoms with Gasteiger partial charge >= 0.3 is 0 Å². The van der Waals surface area contributed by atoms with E-state index in [1.807, 2.05) is 22.9 Å². The van der Waals surface area contributed by atoms with E-state index in [1.54, 1.807) is 0 Å². The Balaban J connectivity index is 1.68. The number of piperazine rings is 1. The number of rotatable bonds is 4. The monoisotopic (exact) mass is 258 g/mol. The standard InChI is InChI=1S/C13H18N6/c1-2-4-12(5-3-1)10-19-13(15-16-17-19)11-18-8-6-14-7-9-18/h1-5,14H,6-11H2. The predicted octanol–water partition coefficient (Wildman–Crippen LogP) is 0.127. The fraction of sp³-hybridized carbons (Fsp3) is 0.462. The van der Waals surface area contributed by atoms with Crippen LogP contribution < -0.4 is 5.32 Å². The minimum absolute atomic E-state index is 0.731. The average Bonchev–Trinajstić information content (AvgIpc) is 2.88. The van der Waals surface area contributed by atoms with Gasteiger partial charge in [0.25, 0.3) is 0 Å². The second kappa shape index (κ2) is 5.90.